The molecule has 116 valence electrons. The second-order valence-corrected chi connectivity index (χ2v) is 5.91. The van der Waals surface area contributed by atoms with Gasteiger partial charge >= 0.3 is 5.97 Å². The van der Waals surface area contributed by atoms with Crippen LogP contribution in [0.1, 0.15) is 33.1 Å². The van der Waals surface area contributed by atoms with Gasteiger partial charge in [0.05, 0.1) is 0 Å². The second kappa shape index (κ2) is 7.59. The molecule has 1 amide bonds. The number of carboxylic acid groups (broad SMARTS) is 1. The fraction of sp³-hybridized carbons (Fsp3) is 0.857. The smallest absolute Gasteiger partial charge is 0.326 e. The van der Waals surface area contributed by atoms with Crippen LogP contribution in [0.2, 0.25) is 0 Å². The van der Waals surface area contributed by atoms with Gasteiger partial charge in [-0.05, 0) is 31.8 Å². The van der Waals surface area contributed by atoms with Crippen LogP contribution in [0.3, 0.4) is 0 Å². The minimum absolute atomic E-state index is 0.199. The van der Waals surface area contributed by atoms with E-state index < -0.39 is 17.4 Å². The molecule has 3 N–H and O–H groups in total. The standard InChI is InChI=1S/C14H26N2O4/c1-14(2,10-5-4-7-15-9-10)13(19)16-11(12(17)18)6-8-20-3/h10-11,15H,4-9H2,1-3H3,(H,16,19)(H,17,18). The third kappa shape index (κ3) is 4.45. The van der Waals surface area contributed by atoms with Crippen molar-refractivity contribution in [2.75, 3.05) is 26.8 Å². The highest BCUT2D eigenvalue weighted by Crippen LogP contribution is 2.32. The summed E-state index contributed by atoms with van der Waals surface area (Å²) in [6.07, 6.45) is 2.31. The quantitative estimate of drug-likeness (QED) is 0.638. The van der Waals surface area contributed by atoms with Gasteiger partial charge in [-0.1, -0.05) is 13.8 Å². The molecule has 1 fully saturated rings. The molecule has 1 aliphatic heterocycles. The summed E-state index contributed by atoms with van der Waals surface area (Å²) in [6, 6.07) is -0.890. The van der Waals surface area contributed by atoms with Crippen molar-refractivity contribution in [3.63, 3.8) is 0 Å². The highest BCUT2D eigenvalue weighted by atomic mass is 16.5. The molecule has 0 aromatic rings. The van der Waals surface area contributed by atoms with E-state index in [-0.39, 0.29) is 18.2 Å². The molecule has 6 nitrogen and oxygen atoms in total. The van der Waals surface area contributed by atoms with Crippen LogP contribution in [0.4, 0.5) is 0 Å². The highest BCUT2D eigenvalue weighted by molar-refractivity contribution is 5.87. The highest BCUT2D eigenvalue weighted by Gasteiger charge is 2.38. The lowest BCUT2D eigenvalue weighted by Crippen LogP contribution is -2.51. The largest absolute Gasteiger partial charge is 0.480 e. The predicted octanol–water partition coefficient (Wildman–Crippen LogP) is 0.618. The lowest BCUT2D eigenvalue weighted by molar-refractivity contribution is -0.145. The summed E-state index contributed by atoms with van der Waals surface area (Å²) in [4.78, 5) is 23.6. The van der Waals surface area contributed by atoms with E-state index in [9.17, 15) is 9.59 Å². The molecule has 0 saturated carbocycles. The third-order valence-electron chi connectivity index (χ3n) is 4.12. The van der Waals surface area contributed by atoms with Gasteiger partial charge in [-0.25, -0.2) is 4.79 Å². The van der Waals surface area contributed by atoms with Crippen molar-refractivity contribution >= 4 is 11.9 Å². The Hall–Kier alpha value is -1.14. The molecule has 1 aliphatic rings. The molecular weight excluding hydrogens is 260 g/mol. The van der Waals surface area contributed by atoms with Crippen molar-refractivity contribution in [3.05, 3.63) is 0 Å². The number of hydrogen-bond acceptors (Lipinski definition) is 4. The number of nitrogens with one attached hydrogen (secondary N) is 2. The maximum absolute atomic E-state index is 12.4. The van der Waals surface area contributed by atoms with E-state index in [2.05, 4.69) is 10.6 Å². The van der Waals surface area contributed by atoms with E-state index in [1.807, 2.05) is 13.8 Å². The summed E-state index contributed by atoms with van der Waals surface area (Å²) in [5, 5.41) is 15.1. The topological polar surface area (TPSA) is 87.7 Å². The molecular formula is C14H26N2O4. The van der Waals surface area contributed by atoms with Crippen LogP contribution in [0, 0.1) is 11.3 Å². The molecule has 0 aromatic heterocycles. The summed E-state index contributed by atoms with van der Waals surface area (Å²) < 4.78 is 4.88. The number of hydrogen-bond donors (Lipinski definition) is 3. The first-order chi connectivity index (χ1) is 9.39. The maximum atomic E-state index is 12.4. The van der Waals surface area contributed by atoms with Gasteiger partial charge in [0.1, 0.15) is 6.04 Å². The van der Waals surface area contributed by atoms with Crippen LogP contribution in [0.15, 0.2) is 0 Å². The molecule has 0 spiro atoms. The number of carboxylic acids is 1. The van der Waals surface area contributed by atoms with Crippen LogP contribution < -0.4 is 10.6 Å². The van der Waals surface area contributed by atoms with E-state index in [4.69, 9.17) is 9.84 Å². The van der Waals surface area contributed by atoms with Crippen LogP contribution in [-0.4, -0.2) is 49.8 Å². The summed E-state index contributed by atoms with van der Waals surface area (Å²) in [6.45, 7) is 5.86. The fourth-order valence-corrected chi connectivity index (χ4v) is 2.49. The SMILES string of the molecule is COCCC(NC(=O)C(C)(C)C1CCCNC1)C(=O)O. The number of aliphatic carboxylic acids is 1. The monoisotopic (exact) mass is 286 g/mol. The Morgan fingerprint density at radius 2 is 2.20 bits per heavy atom. The van der Waals surface area contributed by atoms with Gasteiger partial charge in [-0.3, -0.25) is 4.79 Å². The summed E-state index contributed by atoms with van der Waals surface area (Å²) in [7, 11) is 1.51. The van der Waals surface area contributed by atoms with Crippen molar-refractivity contribution < 1.29 is 19.4 Å². The van der Waals surface area contributed by atoms with E-state index in [1.54, 1.807) is 0 Å². The molecule has 0 aromatic carbocycles. The molecule has 1 heterocycles. The molecule has 2 atom stereocenters. The molecule has 20 heavy (non-hydrogen) atoms. The number of piperidine rings is 1. The van der Waals surface area contributed by atoms with E-state index in [0.717, 1.165) is 25.9 Å². The third-order valence-corrected chi connectivity index (χ3v) is 4.12. The van der Waals surface area contributed by atoms with Crippen molar-refractivity contribution in [1.29, 1.82) is 0 Å². The van der Waals surface area contributed by atoms with Gasteiger partial charge in [0.25, 0.3) is 0 Å². The number of ether oxygens (including phenoxy) is 1. The molecule has 6 heteroatoms. The van der Waals surface area contributed by atoms with Gasteiger partial charge in [0.2, 0.25) is 5.91 Å². The fourth-order valence-electron chi connectivity index (χ4n) is 2.49. The van der Waals surface area contributed by atoms with Crippen LogP contribution in [-0.2, 0) is 14.3 Å². The van der Waals surface area contributed by atoms with Crippen LogP contribution >= 0.6 is 0 Å². The first-order valence-corrected chi connectivity index (χ1v) is 7.13. The van der Waals surface area contributed by atoms with Crippen molar-refractivity contribution in [2.45, 2.75) is 39.2 Å². The average Bonchev–Trinajstić information content (AvgIpc) is 2.43. The second-order valence-electron chi connectivity index (χ2n) is 5.91. The number of methoxy groups -OCH3 is 1. The molecule has 0 aliphatic carbocycles. The summed E-state index contributed by atoms with van der Waals surface area (Å²) in [5.41, 5.74) is -0.575. The zero-order valence-corrected chi connectivity index (χ0v) is 12.6. The molecule has 2 unspecified atom stereocenters. The normalized spacial score (nSPS) is 21.2. The predicted molar refractivity (Wildman–Crippen MR) is 75.4 cm³/mol. The lowest BCUT2D eigenvalue weighted by Gasteiger charge is -2.36. The summed E-state index contributed by atoms with van der Waals surface area (Å²) in [5.74, 6) is -0.990. The Balaban J connectivity index is 2.63. The maximum Gasteiger partial charge on any atom is 0.326 e. The average molecular weight is 286 g/mol. The molecule has 1 saturated heterocycles. The number of carbonyl (C=O) groups is 2. The Bertz CT molecular complexity index is 338. The zero-order chi connectivity index (χ0) is 15.2. The first kappa shape index (κ1) is 16.9. The van der Waals surface area contributed by atoms with Crippen molar-refractivity contribution in [3.8, 4) is 0 Å². The van der Waals surface area contributed by atoms with E-state index in [0.29, 0.717) is 6.61 Å². The lowest BCUT2D eigenvalue weighted by atomic mass is 9.74. The Morgan fingerprint density at radius 1 is 1.50 bits per heavy atom. The van der Waals surface area contributed by atoms with Crippen molar-refractivity contribution in [1.82, 2.24) is 10.6 Å². The van der Waals surface area contributed by atoms with Gasteiger partial charge in [0, 0.05) is 25.6 Å². The number of amides is 1. The summed E-state index contributed by atoms with van der Waals surface area (Å²) >= 11 is 0. The first-order valence-electron chi connectivity index (χ1n) is 7.13. The Labute approximate surface area is 120 Å². The minimum atomic E-state index is -1.02. The van der Waals surface area contributed by atoms with Crippen molar-refractivity contribution in [2.24, 2.45) is 11.3 Å². The zero-order valence-electron chi connectivity index (χ0n) is 12.6. The Morgan fingerprint density at radius 3 is 2.70 bits per heavy atom. The number of rotatable bonds is 7. The van der Waals surface area contributed by atoms with Gasteiger partial charge in [0.15, 0.2) is 0 Å². The van der Waals surface area contributed by atoms with Gasteiger partial charge in [-0.2, -0.15) is 0 Å². The minimum Gasteiger partial charge on any atom is -0.480 e. The molecule has 0 radical (unpaired) electrons. The molecule has 1 rings (SSSR count). The molecule has 0 bridgehead atoms. The van der Waals surface area contributed by atoms with E-state index >= 15 is 0 Å². The number of carbonyl (C=O) groups excluding carboxylic acids is 1. The Kier molecular flexibility index (Phi) is 6.42. The van der Waals surface area contributed by atoms with Gasteiger partial charge < -0.3 is 20.5 Å². The van der Waals surface area contributed by atoms with Gasteiger partial charge in [-0.15, -0.1) is 0 Å². The van der Waals surface area contributed by atoms with Crippen LogP contribution in [0.5, 0.6) is 0 Å². The van der Waals surface area contributed by atoms with E-state index in [1.165, 1.54) is 7.11 Å². The van der Waals surface area contributed by atoms with Crippen LogP contribution in [0.25, 0.3) is 0 Å².